The van der Waals surface area contributed by atoms with Crippen LogP contribution in [0.1, 0.15) is 5.56 Å². The third-order valence-electron chi connectivity index (χ3n) is 3.13. The van der Waals surface area contributed by atoms with Gasteiger partial charge in [0.25, 0.3) is 0 Å². The van der Waals surface area contributed by atoms with Crippen LogP contribution in [-0.4, -0.2) is 16.2 Å². The standard InChI is InChI=1S/C15H13ClN4O/c16-12-5-2-1-4-10(12)8-17-15(21)19-13-6-3-7-14-11(13)9-18-20-14/h1-7,9H,8H2,(H,18,20)(H2,17,19,21). The van der Waals surface area contributed by atoms with Crippen LogP contribution in [0.2, 0.25) is 5.02 Å². The van der Waals surface area contributed by atoms with E-state index in [2.05, 4.69) is 20.8 Å². The molecule has 0 aliphatic heterocycles. The maximum Gasteiger partial charge on any atom is 0.319 e. The lowest BCUT2D eigenvalue weighted by atomic mass is 10.2. The number of nitrogens with one attached hydrogen (secondary N) is 3. The van der Waals surface area contributed by atoms with Crippen molar-refractivity contribution in [3.05, 3.63) is 59.2 Å². The first kappa shape index (κ1) is 13.5. The quantitative estimate of drug-likeness (QED) is 0.692. The second-order valence-electron chi connectivity index (χ2n) is 4.54. The summed E-state index contributed by atoms with van der Waals surface area (Å²) in [5.74, 6) is 0. The molecular weight excluding hydrogens is 288 g/mol. The summed E-state index contributed by atoms with van der Waals surface area (Å²) < 4.78 is 0. The van der Waals surface area contributed by atoms with Crippen molar-refractivity contribution in [3.63, 3.8) is 0 Å². The van der Waals surface area contributed by atoms with Crippen LogP contribution >= 0.6 is 11.6 Å². The van der Waals surface area contributed by atoms with Crippen molar-refractivity contribution in [2.45, 2.75) is 6.54 Å². The van der Waals surface area contributed by atoms with Crippen LogP contribution < -0.4 is 10.6 Å². The third kappa shape index (κ3) is 2.98. The Morgan fingerprint density at radius 3 is 2.90 bits per heavy atom. The lowest BCUT2D eigenvalue weighted by molar-refractivity contribution is 0.252. The smallest absolute Gasteiger partial charge is 0.319 e. The van der Waals surface area contributed by atoms with Gasteiger partial charge >= 0.3 is 6.03 Å². The van der Waals surface area contributed by atoms with Crippen LogP contribution in [0, 0.1) is 0 Å². The van der Waals surface area contributed by atoms with E-state index >= 15 is 0 Å². The average Bonchev–Trinajstić information content (AvgIpc) is 2.96. The second-order valence-corrected chi connectivity index (χ2v) is 4.94. The molecule has 21 heavy (non-hydrogen) atoms. The molecule has 0 radical (unpaired) electrons. The number of halogens is 1. The maximum absolute atomic E-state index is 12.0. The number of rotatable bonds is 3. The number of carbonyl (C=O) groups excluding carboxylic acids is 1. The fourth-order valence-electron chi connectivity index (χ4n) is 2.06. The Kier molecular flexibility index (Phi) is 3.75. The van der Waals surface area contributed by atoms with E-state index in [1.54, 1.807) is 12.3 Å². The molecule has 6 heteroatoms. The highest BCUT2D eigenvalue weighted by Crippen LogP contribution is 2.21. The van der Waals surface area contributed by atoms with E-state index in [-0.39, 0.29) is 6.03 Å². The summed E-state index contributed by atoms with van der Waals surface area (Å²) in [5, 5.41) is 13.9. The molecule has 0 unspecified atom stereocenters. The summed E-state index contributed by atoms with van der Waals surface area (Å²) in [7, 11) is 0. The van der Waals surface area contributed by atoms with Crippen LogP contribution in [-0.2, 0) is 6.54 Å². The van der Waals surface area contributed by atoms with Gasteiger partial charge in [0.2, 0.25) is 0 Å². The Hall–Kier alpha value is -2.53. The van der Waals surface area contributed by atoms with Crippen molar-refractivity contribution in [1.29, 1.82) is 0 Å². The molecule has 1 heterocycles. The number of urea groups is 1. The van der Waals surface area contributed by atoms with Gasteiger partial charge in [0.15, 0.2) is 0 Å². The highest BCUT2D eigenvalue weighted by atomic mass is 35.5. The van der Waals surface area contributed by atoms with Crippen LogP contribution in [0.4, 0.5) is 10.5 Å². The Bertz CT molecular complexity index is 784. The van der Waals surface area contributed by atoms with Gasteiger partial charge < -0.3 is 10.6 Å². The summed E-state index contributed by atoms with van der Waals surface area (Å²) in [6.07, 6.45) is 1.68. The zero-order valence-corrected chi connectivity index (χ0v) is 11.8. The molecule has 0 atom stereocenters. The van der Waals surface area contributed by atoms with Gasteiger partial charge in [-0.2, -0.15) is 5.10 Å². The molecule has 0 aliphatic carbocycles. The van der Waals surface area contributed by atoms with E-state index < -0.39 is 0 Å². The Morgan fingerprint density at radius 2 is 2.05 bits per heavy atom. The molecule has 106 valence electrons. The fourth-order valence-corrected chi connectivity index (χ4v) is 2.26. The summed E-state index contributed by atoms with van der Waals surface area (Å²) in [4.78, 5) is 12.0. The predicted octanol–water partition coefficient (Wildman–Crippen LogP) is 3.54. The van der Waals surface area contributed by atoms with Crippen molar-refractivity contribution in [1.82, 2.24) is 15.5 Å². The molecule has 0 saturated carbocycles. The molecule has 1 aromatic heterocycles. The number of fused-ring (bicyclic) bond motifs is 1. The van der Waals surface area contributed by atoms with E-state index in [1.807, 2.05) is 36.4 Å². The third-order valence-corrected chi connectivity index (χ3v) is 3.50. The zero-order chi connectivity index (χ0) is 14.7. The van der Waals surface area contributed by atoms with Crippen LogP contribution in [0.5, 0.6) is 0 Å². The van der Waals surface area contributed by atoms with Gasteiger partial charge in [-0.1, -0.05) is 35.9 Å². The van der Waals surface area contributed by atoms with E-state index in [0.29, 0.717) is 17.3 Å². The van der Waals surface area contributed by atoms with E-state index in [9.17, 15) is 4.79 Å². The highest BCUT2D eigenvalue weighted by Gasteiger charge is 2.07. The first-order valence-corrected chi connectivity index (χ1v) is 6.82. The van der Waals surface area contributed by atoms with Crippen molar-refractivity contribution in [2.75, 3.05) is 5.32 Å². The number of hydrogen-bond acceptors (Lipinski definition) is 2. The van der Waals surface area contributed by atoms with Crippen LogP contribution in [0.3, 0.4) is 0 Å². The minimum absolute atomic E-state index is 0.288. The van der Waals surface area contributed by atoms with Gasteiger partial charge in [-0.25, -0.2) is 4.79 Å². The van der Waals surface area contributed by atoms with Crippen molar-refractivity contribution < 1.29 is 4.79 Å². The zero-order valence-electron chi connectivity index (χ0n) is 11.1. The van der Waals surface area contributed by atoms with Crippen LogP contribution in [0.25, 0.3) is 10.9 Å². The van der Waals surface area contributed by atoms with Gasteiger partial charge in [0.1, 0.15) is 0 Å². The summed E-state index contributed by atoms with van der Waals surface area (Å²) >= 11 is 6.05. The summed E-state index contributed by atoms with van der Waals surface area (Å²) in [5.41, 5.74) is 2.45. The molecule has 0 bridgehead atoms. The van der Waals surface area contributed by atoms with E-state index in [1.165, 1.54) is 0 Å². The molecule has 3 rings (SSSR count). The van der Waals surface area contributed by atoms with Crippen molar-refractivity contribution in [2.24, 2.45) is 0 Å². The number of nitrogens with zero attached hydrogens (tertiary/aromatic N) is 1. The summed E-state index contributed by atoms with van der Waals surface area (Å²) in [6.45, 7) is 0.368. The van der Waals surface area contributed by atoms with Gasteiger partial charge in [-0.3, -0.25) is 5.10 Å². The number of benzene rings is 2. The minimum Gasteiger partial charge on any atom is -0.334 e. The highest BCUT2D eigenvalue weighted by molar-refractivity contribution is 6.31. The van der Waals surface area contributed by atoms with Gasteiger partial charge in [0.05, 0.1) is 17.4 Å². The van der Waals surface area contributed by atoms with Gasteiger partial charge in [-0.15, -0.1) is 0 Å². The number of aromatic amines is 1. The van der Waals surface area contributed by atoms with Crippen LogP contribution in [0.15, 0.2) is 48.7 Å². The molecule has 0 fully saturated rings. The fraction of sp³-hybridized carbons (Fsp3) is 0.0667. The SMILES string of the molecule is O=C(NCc1ccccc1Cl)Nc1cccc2[nH]ncc12. The Labute approximate surface area is 126 Å². The summed E-state index contributed by atoms with van der Waals surface area (Å²) in [6, 6.07) is 12.7. The van der Waals surface area contributed by atoms with E-state index in [0.717, 1.165) is 16.5 Å². The molecule has 0 aliphatic rings. The molecule has 3 aromatic rings. The topological polar surface area (TPSA) is 69.8 Å². The molecule has 0 saturated heterocycles. The number of anilines is 1. The Balaban J connectivity index is 1.67. The molecule has 0 spiro atoms. The first-order valence-electron chi connectivity index (χ1n) is 6.44. The minimum atomic E-state index is -0.288. The largest absolute Gasteiger partial charge is 0.334 e. The molecule has 3 N–H and O–H groups in total. The molecule has 5 nitrogen and oxygen atoms in total. The number of hydrogen-bond donors (Lipinski definition) is 3. The number of amides is 2. The lowest BCUT2D eigenvalue weighted by Gasteiger charge is -2.09. The lowest BCUT2D eigenvalue weighted by Crippen LogP contribution is -2.28. The first-order chi connectivity index (χ1) is 10.2. The van der Waals surface area contributed by atoms with Gasteiger partial charge in [-0.05, 0) is 23.8 Å². The second kappa shape index (κ2) is 5.85. The maximum atomic E-state index is 12.0. The van der Waals surface area contributed by atoms with Gasteiger partial charge in [0, 0.05) is 17.0 Å². The number of carbonyl (C=O) groups is 1. The van der Waals surface area contributed by atoms with Crippen molar-refractivity contribution >= 4 is 34.2 Å². The number of H-pyrrole nitrogens is 1. The number of aromatic nitrogens is 2. The van der Waals surface area contributed by atoms with E-state index in [4.69, 9.17) is 11.6 Å². The average molecular weight is 301 g/mol. The van der Waals surface area contributed by atoms with Crippen molar-refractivity contribution in [3.8, 4) is 0 Å². The monoisotopic (exact) mass is 300 g/mol. The molecular formula is C15H13ClN4O. The predicted molar refractivity (Wildman–Crippen MR) is 83.4 cm³/mol. The Morgan fingerprint density at radius 1 is 1.19 bits per heavy atom. The molecule has 2 amide bonds. The normalized spacial score (nSPS) is 10.5. The molecule has 2 aromatic carbocycles.